The van der Waals surface area contributed by atoms with Crippen molar-refractivity contribution < 1.29 is 9.50 Å². The van der Waals surface area contributed by atoms with Crippen LogP contribution in [-0.2, 0) is 6.54 Å². The molecule has 100 valence electrons. The summed E-state index contributed by atoms with van der Waals surface area (Å²) in [6.45, 7) is 0.369. The highest BCUT2D eigenvalue weighted by Crippen LogP contribution is 2.20. The van der Waals surface area contributed by atoms with Crippen molar-refractivity contribution in [3.8, 4) is 0 Å². The van der Waals surface area contributed by atoms with Crippen LogP contribution in [0.1, 0.15) is 17.2 Å². The molecule has 0 saturated carbocycles. The first-order valence-corrected chi connectivity index (χ1v) is 6.42. The number of rotatable bonds is 5. The molecule has 1 unspecified atom stereocenters. The Labute approximate surface area is 116 Å². The molecule has 19 heavy (non-hydrogen) atoms. The lowest BCUT2D eigenvalue weighted by molar-refractivity contribution is 0.243. The molecule has 2 rings (SSSR count). The number of benzene rings is 2. The predicted octanol–water partition coefficient (Wildman–Crippen LogP) is 3.30. The lowest BCUT2D eigenvalue weighted by Gasteiger charge is -2.17. The van der Waals surface area contributed by atoms with Gasteiger partial charge in [0.1, 0.15) is 5.82 Å². The van der Waals surface area contributed by atoms with Crippen LogP contribution in [0.25, 0.3) is 0 Å². The predicted molar refractivity (Wildman–Crippen MR) is 74.5 cm³/mol. The first kappa shape index (κ1) is 14.0. The third-order valence-corrected chi connectivity index (χ3v) is 3.38. The van der Waals surface area contributed by atoms with Crippen LogP contribution in [-0.4, -0.2) is 11.7 Å². The Balaban J connectivity index is 2.06. The van der Waals surface area contributed by atoms with Crippen molar-refractivity contribution in [3.63, 3.8) is 0 Å². The zero-order valence-corrected chi connectivity index (χ0v) is 11.1. The monoisotopic (exact) mass is 279 g/mol. The van der Waals surface area contributed by atoms with Crippen LogP contribution in [0.4, 0.5) is 4.39 Å². The zero-order chi connectivity index (χ0) is 13.7. The summed E-state index contributed by atoms with van der Waals surface area (Å²) in [4.78, 5) is 0. The van der Waals surface area contributed by atoms with Gasteiger partial charge in [0.2, 0.25) is 0 Å². The van der Waals surface area contributed by atoms with Gasteiger partial charge >= 0.3 is 0 Å². The van der Waals surface area contributed by atoms with E-state index >= 15 is 0 Å². The van der Waals surface area contributed by atoms with Gasteiger partial charge in [0.25, 0.3) is 0 Å². The standard InChI is InChI=1S/C15H15ClFNO/c16-15-12(7-4-8-13(15)17)9-18-14(10-19)11-5-2-1-3-6-11/h1-8,14,18-19H,9-10H2. The Morgan fingerprint density at radius 1 is 1.11 bits per heavy atom. The fourth-order valence-corrected chi connectivity index (χ4v) is 2.08. The van der Waals surface area contributed by atoms with E-state index in [0.29, 0.717) is 12.1 Å². The molecule has 2 aromatic rings. The summed E-state index contributed by atoms with van der Waals surface area (Å²) in [6.07, 6.45) is 0. The lowest BCUT2D eigenvalue weighted by Crippen LogP contribution is -2.24. The van der Waals surface area contributed by atoms with Gasteiger partial charge in [-0.25, -0.2) is 4.39 Å². The minimum absolute atomic E-state index is 0.0308. The average Bonchev–Trinajstić information content (AvgIpc) is 2.45. The van der Waals surface area contributed by atoms with Crippen LogP contribution >= 0.6 is 11.6 Å². The molecule has 4 heteroatoms. The summed E-state index contributed by atoms with van der Waals surface area (Å²) in [6, 6.07) is 14.1. The number of aliphatic hydroxyl groups is 1. The summed E-state index contributed by atoms with van der Waals surface area (Å²) in [5.41, 5.74) is 1.66. The van der Waals surface area contributed by atoms with Crippen molar-refractivity contribution in [2.75, 3.05) is 6.61 Å². The average molecular weight is 280 g/mol. The van der Waals surface area contributed by atoms with Gasteiger partial charge in [0, 0.05) is 6.54 Å². The summed E-state index contributed by atoms with van der Waals surface area (Å²) in [7, 11) is 0. The van der Waals surface area contributed by atoms with Gasteiger partial charge in [-0.05, 0) is 17.2 Å². The van der Waals surface area contributed by atoms with Crippen molar-refractivity contribution in [2.24, 2.45) is 0 Å². The maximum absolute atomic E-state index is 13.3. The number of hydrogen-bond donors (Lipinski definition) is 2. The smallest absolute Gasteiger partial charge is 0.142 e. The molecule has 0 aliphatic carbocycles. The molecular weight excluding hydrogens is 265 g/mol. The maximum atomic E-state index is 13.3. The highest BCUT2D eigenvalue weighted by atomic mass is 35.5. The van der Waals surface area contributed by atoms with Gasteiger partial charge in [0.05, 0.1) is 17.7 Å². The molecular formula is C15H15ClFNO. The van der Waals surface area contributed by atoms with E-state index in [2.05, 4.69) is 5.32 Å². The van der Waals surface area contributed by atoms with Crippen molar-refractivity contribution in [1.82, 2.24) is 5.32 Å². The van der Waals surface area contributed by atoms with Crippen LogP contribution in [0, 0.1) is 5.82 Å². The minimum Gasteiger partial charge on any atom is -0.394 e. The molecule has 0 heterocycles. The van der Waals surface area contributed by atoms with E-state index in [1.54, 1.807) is 12.1 Å². The Morgan fingerprint density at radius 3 is 2.53 bits per heavy atom. The molecule has 0 aliphatic heterocycles. The summed E-state index contributed by atoms with van der Waals surface area (Å²) < 4.78 is 13.3. The quantitative estimate of drug-likeness (QED) is 0.880. The van der Waals surface area contributed by atoms with Crippen LogP contribution < -0.4 is 5.32 Å². The van der Waals surface area contributed by atoms with Crippen molar-refractivity contribution in [3.05, 3.63) is 70.5 Å². The second-order valence-electron chi connectivity index (χ2n) is 4.24. The van der Waals surface area contributed by atoms with E-state index < -0.39 is 5.82 Å². The largest absolute Gasteiger partial charge is 0.394 e. The Bertz CT molecular complexity index is 533. The maximum Gasteiger partial charge on any atom is 0.142 e. The molecule has 0 aliphatic rings. The molecule has 0 bridgehead atoms. The highest BCUT2D eigenvalue weighted by Gasteiger charge is 2.11. The Hall–Kier alpha value is -1.42. The van der Waals surface area contributed by atoms with Crippen LogP contribution in [0.5, 0.6) is 0 Å². The molecule has 0 radical (unpaired) electrons. The number of nitrogens with one attached hydrogen (secondary N) is 1. The topological polar surface area (TPSA) is 32.3 Å². The second-order valence-corrected chi connectivity index (χ2v) is 4.62. The van der Waals surface area contributed by atoms with Gasteiger partial charge < -0.3 is 10.4 Å². The number of halogens is 2. The van der Waals surface area contributed by atoms with Crippen molar-refractivity contribution >= 4 is 11.6 Å². The molecule has 0 saturated heterocycles. The highest BCUT2D eigenvalue weighted by molar-refractivity contribution is 6.31. The van der Waals surface area contributed by atoms with Gasteiger partial charge in [-0.2, -0.15) is 0 Å². The third kappa shape index (κ3) is 3.53. The van der Waals surface area contributed by atoms with Gasteiger partial charge in [-0.3, -0.25) is 0 Å². The minimum atomic E-state index is -0.429. The normalized spacial score (nSPS) is 12.4. The summed E-state index contributed by atoms with van der Waals surface area (Å²) in [5.74, 6) is -0.429. The molecule has 0 aromatic heterocycles. The van der Waals surface area contributed by atoms with E-state index in [4.69, 9.17) is 11.6 Å². The molecule has 2 nitrogen and oxygen atoms in total. The van der Waals surface area contributed by atoms with E-state index in [1.165, 1.54) is 6.07 Å². The molecule has 2 N–H and O–H groups in total. The Kier molecular flexibility index (Phi) is 4.91. The van der Waals surface area contributed by atoms with Crippen molar-refractivity contribution in [2.45, 2.75) is 12.6 Å². The second kappa shape index (κ2) is 6.66. The molecule has 1 atom stereocenters. The van der Waals surface area contributed by atoms with E-state index in [0.717, 1.165) is 5.56 Å². The zero-order valence-electron chi connectivity index (χ0n) is 10.3. The molecule has 2 aromatic carbocycles. The number of hydrogen-bond acceptors (Lipinski definition) is 2. The van der Waals surface area contributed by atoms with Gasteiger partial charge in [-0.15, -0.1) is 0 Å². The SMILES string of the molecule is OCC(NCc1cccc(F)c1Cl)c1ccccc1. The van der Waals surface area contributed by atoms with E-state index in [9.17, 15) is 9.50 Å². The van der Waals surface area contributed by atoms with Gasteiger partial charge in [-0.1, -0.05) is 54.1 Å². The molecule has 0 amide bonds. The number of aliphatic hydroxyl groups excluding tert-OH is 1. The molecule has 0 fully saturated rings. The lowest BCUT2D eigenvalue weighted by atomic mass is 10.1. The third-order valence-electron chi connectivity index (χ3n) is 2.95. The fraction of sp³-hybridized carbons (Fsp3) is 0.200. The van der Waals surface area contributed by atoms with Crippen LogP contribution in [0.15, 0.2) is 48.5 Å². The Morgan fingerprint density at radius 2 is 1.84 bits per heavy atom. The van der Waals surface area contributed by atoms with E-state index in [-0.39, 0.29) is 17.7 Å². The summed E-state index contributed by atoms with van der Waals surface area (Å²) >= 11 is 5.89. The fourth-order valence-electron chi connectivity index (χ4n) is 1.89. The first-order valence-electron chi connectivity index (χ1n) is 6.04. The van der Waals surface area contributed by atoms with E-state index in [1.807, 2.05) is 30.3 Å². The van der Waals surface area contributed by atoms with Crippen molar-refractivity contribution in [1.29, 1.82) is 0 Å². The van der Waals surface area contributed by atoms with Crippen LogP contribution in [0.3, 0.4) is 0 Å². The summed E-state index contributed by atoms with van der Waals surface area (Å²) in [5, 5.41) is 12.7. The van der Waals surface area contributed by atoms with Crippen LogP contribution in [0.2, 0.25) is 5.02 Å². The molecule has 0 spiro atoms. The van der Waals surface area contributed by atoms with Gasteiger partial charge in [0.15, 0.2) is 0 Å². The first-order chi connectivity index (χ1) is 9.22.